The Hall–Kier alpha value is -3.76. The average Bonchev–Trinajstić information content (AvgIpc) is 3.44. The lowest BCUT2D eigenvalue weighted by molar-refractivity contribution is -0.140. The van der Waals surface area contributed by atoms with Crippen molar-refractivity contribution in [3.63, 3.8) is 0 Å². The van der Waals surface area contributed by atoms with Gasteiger partial charge in [0.2, 0.25) is 0 Å². The molecule has 1 unspecified atom stereocenters. The summed E-state index contributed by atoms with van der Waals surface area (Å²) in [5.74, 6) is -1.88. The Morgan fingerprint density at radius 1 is 1.09 bits per heavy atom. The first kappa shape index (κ1) is 23.4. The summed E-state index contributed by atoms with van der Waals surface area (Å²) in [6.07, 6.45) is -0.589. The van der Waals surface area contributed by atoms with Crippen LogP contribution in [0.15, 0.2) is 53.9 Å². The van der Waals surface area contributed by atoms with Crippen molar-refractivity contribution in [3.05, 3.63) is 75.7 Å². The SMILES string of the molecule is COCC(NC(=O)c1csc(CNC(=O)OCC2c3ccccc3-c3ccccc32)n1)C(=O)O. The van der Waals surface area contributed by atoms with Gasteiger partial charge in [-0.2, -0.15) is 0 Å². The number of methoxy groups -OCH3 is 1. The van der Waals surface area contributed by atoms with Gasteiger partial charge in [-0.1, -0.05) is 48.5 Å². The number of carbonyl (C=O) groups is 3. The van der Waals surface area contributed by atoms with E-state index in [4.69, 9.17) is 14.6 Å². The topological polar surface area (TPSA) is 127 Å². The van der Waals surface area contributed by atoms with Crippen LogP contribution in [-0.4, -0.2) is 54.4 Å². The molecule has 0 bridgehead atoms. The lowest BCUT2D eigenvalue weighted by Gasteiger charge is -2.14. The molecule has 10 heteroatoms. The van der Waals surface area contributed by atoms with Crippen molar-refractivity contribution in [2.45, 2.75) is 18.5 Å². The molecule has 1 heterocycles. The molecule has 0 fully saturated rings. The van der Waals surface area contributed by atoms with Gasteiger partial charge in [0.1, 0.15) is 17.3 Å². The third kappa shape index (κ3) is 5.08. The van der Waals surface area contributed by atoms with Crippen LogP contribution in [0.25, 0.3) is 11.1 Å². The number of rotatable bonds is 9. The van der Waals surface area contributed by atoms with Gasteiger partial charge >= 0.3 is 12.1 Å². The maximum atomic E-state index is 12.3. The summed E-state index contributed by atoms with van der Waals surface area (Å²) in [5, 5.41) is 16.1. The molecule has 1 aliphatic rings. The molecule has 3 N–H and O–H groups in total. The number of carbonyl (C=O) groups excluding carboxylic acids is 2. The fraction of sp³-hybridized carbons (Fsp3) is 0.250. The van der Waals surface area contributed by atoms with Gasteiger partial charge in [-0.3, -0.25) is 4.79 Å². The van der Waals surface area contributed by atoms with Crippen molar-refractivity contribution in [1.29, 1.82) is 0 Å². The smallest absolute Gasteiger partial charge is 0.407 e. The van der Waals surface area contributed by atoms with E-state index in [2.05, 4.69) is 27.8 Å². The normalized spacial score (nSPS) is 13.0. The zero-order chi connectivity index (χ0) is 24.1. The molecule has 2 aromatic carbocycles. The lowest BCUT2D eigenvalue weighted by Crippen LogP contribution is -2.43. The highest BCUT2D eigenvalue weighted by Crippen LogP contribution is 2.44. The van der Waals surface area contributed by atoms with Crippen molar-refractivity contribution in [2.24, 2.45) is 0 Å². The molecule has 34 heavy (non-hydrogen) atoms. The lowest BCUT2D eigenvalue weighted by atomic mass is 9.98. The molecule has 1 aliphatic carbocycles. The molecule has 176 valence electrons. The number of alkyl carbamates (subject to hydrolysis) is 1. The second-order valence-corrected chi connectivity index (χ2v) is 8.57. The third-order valence-corrected chi connectivity index (χ3v) is 6.30. The predicted octanol–water partition coefficient (Wildman–Crippen LogP) is 3.01. The standard InChI is InChI=1S/C24H23N3O6S/c1-32-12-19(23(29)30)27-22(28)20-13-34-21(26-20)10-25-24(31)33-11-18-16-8-4-2-6-14(16)15-7-3-5-9-17(15)18/h2-9,13,18-19H,10-12H2,1H3,(H,25,31)(H,27,28)(H,29,30). The number of carboxylic acid groups (broad SMARTS) is 1. The van der Waals surface area contributed by atoms with Gasteiger partial charge in [-0.25, -0.2) is 14.6 Å². The number of nitrogens with one attached hydrogen (secondary N) is 2. The van der Waals surface area contributed by atoms with E-state index in [-0.39, 0.29) is 31.4 Å². The Balaban J connectivity index is 1.30. The van der Waals surface area contributed by atoms with Crippen LogP contribution in [0.5, 0.6) is 0 Å². The van der Waals surface area contributed by atoms with Gasteiger partial charge in [-0.05, 0) is 22.3 Å². The molecule has 1 aromatic heterocycles. The number of amides is 2. The number of aliphatic carboxylic acids is 1. The van der Waals surface area contributed by atoms with Crippen LogP contribution < -0.4 is 10.6 Å². The number of carboxylic acids is 1. The molecule has 2 amide bonds. The number of aromatic nitrogens is 1. The molecule has 9 nitrogen and oxygen atoms in total. The van der Waals surface area contributed by atoms with E-state index in [1.807, 2.05) is 36.4 Å². The Labute approximate surface area is 199 Å². The largest absolute Gasteiger partial charge is 0.480 e. The minimum Gasteiger partial charge on any atom is -0.480 e. The number of hydrogen-bond donors (Lipinski definition) is 3. The number of nitrogens with zero attached hydrogens (tertiary/aromatic N) is 1. The number of ether oxygens (including phenoxy) is 2. The van der Waals surface area contributed by atoms with Gasteiger partial charge in [0.05, 0.1) is 13.2 Å². The summed E-state index contributed by atoms with van der Waals surface area (Å²) in [6.45, 7) is 0.109. The van der Waals surface area contributed by atoms with Crippen molar-refractivity contribution >= 4 is 29.3 Å². The number of fused-ring (bicyclic) bond motifs is 3. The van der Waals surface area contributed by atoms with Gasteiger partial charge < -0.3 is 25.2 Å². The first-order valence-corrected chi connectivity index (χ1v) is 11.4. The summed E-state index contributed by atoms with van der Waals surface area (Å²) < 4.78 is 10.3. The minimum absolute atomic E-state index is 0.0393. The highest BCUT2D eigenvalue weighted by atomic mass is 32.1. The average molecular weight is 482 g/mol. The monoisotopic (exact) mass is 481 g/mol. The molecule has 0 saturated carbocycles. The maximum absolute atomic E-state index is 12.3. The van der Waals surface area contributed by atoms with Crippen LogP contribution in [0.4, 0.5) is 4.79 Å². The third-order valence-electron chi connectivity index (χ3n) is 5.45. The van der Waals surface area contributed by atoms with Crippen molar-refractivity contribution in [2.75, 3.05) is 20.3 Å². The van der Waals surface area contributed by atoms with Crippen LogP contribution in [0, 0.1) is 0 Å². The molecule has 0 saturated heterocycles. The second kappa shape index (κ2) is 10.4. The highest BCUT2D eigenvalue weighted by molar-refractivity contribution is 7.09. The number of benzene rings is 2. The van der Waals surface area contributed by atoms with Crippen LogP contribution in [0.1, 0.15) is 32.5 Å². The molecular formula is C24H23N3O6S. The number of hydrogen-bond acceptors (Lipinski definition) is 7. The van der Waals surface area contributed by atoms with E-state index in [0.717, 1.165) is 22.3 Å². The molecule has 3 aromatic rings. The Morgan fingerprint density at radius 3 is 2.35 bits per heavy atom. The van der Waals surface area contributed by atoms with Crippen LogP contribution in [-0.2, 0) is 20.8 Å². The molecule has 0 aliphatic heterocycles. The first-order chi connectivity index (χ1) is 16.5. The summed E-state index contributed by atoms with van der Waals surface area (Å²) in [6, 6.07) is 15.0. The van der Waals surface area contributed by atoms with Gasteiger partial charge in [0.25, 0.3) is 5.91 Å². The minimum atomic E-state index is -1.21. The Kier molecular flexibility index (Phi) is 7.19. The van der Waals surface area contributed by atoms with Crippen LogP contribution >= 0.6 is 11.3 Å². The molecule has 1 atom stereocenters. The van der Waals surface area contributed by atoms with Crippen LogP contribution in [0.3, 0.4) is 0 Å². The first-order valence-electron chi connectivity index (χ1n) is 10.5. The van der Waals surface area contributed by atoms with Crippen molar-refractivity contribution < 1.29 is 29.0 Å². The zero-order valence-corrected chi connectivity index (χ0v) is 19.1. The molecule has 0 radical (unpaired) electrons. The zero-order valence-electron chi connectivity index (χ0n) is 18.3. The quantitative estimate of drug-likeness (QED) is 0.429. The van der Waals surface area contributed by atoms with E-state index in [1.165, 1.54) is 23.8 Å². The molecule has 0 spiro atoms. The van der Waals surface area contributed by atoms with Crippen molar-refractivity contribution in [3.8, 4) is 11.1 Å². The van der Waals surface area contributed by atoms with Crippen molar-refractivity contribution in [1.82, 2.24) is 15.6 Å². The van der Waals surface area contributed by atoms with E-state index in [1.54, 1.807) is 0 Å². The summed E-state index contributed by atoms with van der Waals surface area (Å²) in [4.78, 5) is 39.9. The highest BCUT2D eigenvalue weighted by Gasteiger charge is 2.29. The summed E-state index contributed by atoms with van der Waals surface area (Å²) in [7, 11) is 1.35. The fourth-order valence-corrected chi connectivity index (χ4v) is 4.58. The fourth-order valence-electron chi connectivity index (χ4n) is 3.87. The summed E-state index contributed by atoms with van der Waals surface area (Å²) in [5.41, 5.74) is 4.62. The van der Waals surface area contributed by atoms with Crippen LogP contribution in [0.2, 0.25) is 0 Å². The van der Waals surface area contributed by atoms with E-state index >= 15 is 0 Å². The van der Waals surface area contributed by atoms with Gasteiger partial charge in [0.15, 0.2) is 6.04 Å². The van der Waals surface area contributed by atoms with E-state index < -0.39 is 24.0 Å². The maximum Gasteiger partial charge on any atom is 0.407 e. The Morgan fingerprint density at radius 2 is 1.74 bits per heavy atom. The van der Waals surface area contributed by atoms with Gasteiger partial charge in [-0.15, -0.1) is 11.3 Å². The second-order valence-electron chi connectivity index (χ2n) is 7.63. The molecule has 4 rings (SSSR count). The Bertz CT molecular complexity index is 1170. The van der Waals surface area contributed by atoms with E-state index in [0.29, 0.717) is 5.01 Å². The summed E-state index contributed by atoms with van der Waals surface area (Å²) >= 11 is 1.17. The predicted molar refractivity (Wildman–Crippen MR) is 125 cm³/mol. The number of thiazole rings is 1. The molecular weight excluding hydrogens is 458 g/mol. The van der Waals surface area contributed by atoms with E-state index in [9.17, 15) is 14.4 Å². The van der Waals surface area contributed by atoms with Gasteiger partial charge in [0, 0.05) is 18.4 Å².